The third kappa shape index (κ3) is 2.86. The van der Waals surface area contributed by atoms with E-state index in [2.05, 4.69) is 17.4 Å². The molecule has 1 aliphatic heterocycles. The van der Waals surface area contributed by atoms with Gasteiger partial charge in [0, 0.05) is 19.7 Å². The molecule has 0 atom stereocenters. The molecule has 1 aromatic rings. The Hall–Kier alpha value is -1.35. The number of amides is 1. The van der Waals surface area contributed by atoms with E-state index in [4.69, 9.17) is 0 Å². The molecule has 0 aromatic heterocycles. The van der Waals surface area contributed by atoms with Crippen LogP contribution in [0.1, 0.15) is 31.2 Å². The number of rotatable bonds is 2. The minimum atomic E-state index is 0.0691. The fraction of sp³-hybridized carbons (Fsp3) is 0.500. The lowest BCUT2D eigenvalue weighted by Gasteiger charge is -2.23. The molecule has 1 amide bonds. The topological polar surface area (TPSA) is 32.3 Å². The maximum absolute atomic E-state index is 11.2. The van der Waals surface area contributed by atoms with Gasteiger partial charge >= 0.3 is 0 Å². The second-order valence-corrected chi connectivity index (χ2v) is 4.69. The molecule has 3 nitrogen and oxygen atoms in total. The fourth-order valence-corrected chi connectivity index (χ4v) is 2.31. The van der Waals surface area contributed by atoms with E-state index in [9.17, 15) is 4.79 Å². The number of carbonyl (C=O) groups is 1. The van der Waals surface area contributed by atoms with Crippen LogP contribution in [-0.4, -0.2) is 26.0 Å². The highest BCUT2D eigenvalue weighted by molar-refractivity contribution is 5.90. The van der Waals surface area contributed by atoms with Gasteiger partial charge in [-0.3, -0.25) is 4.79 Å². The Bertz CT molecular complexity index is 380. The van der Waals surface area contributed by atoms with E-state index < -0.39 is 0 Å². The molecule has 1 saturated heterocycles. The monoisotopic (exact) mass is 232 g/mol. The highest BCUT2D eigenvalue weighted by atomic mass is 16.2. The predicted octanol–water partition coefficient (Wildman–Crippen LogP) is 2.14. The first-order chi connectivity index (χ1) is 8.18. The molecular formula is C14H20N2O. The van der Waals surface area contributed by atoms with Crippen LogP contribution in [0.25, 0.3) is 0 Å². The van der Waals surface area contributed by atoms with Crippen molar-refractivity contribution in [3.63, 3.8) is 0 Å². The second-order valence-electron chi connectivity index (χ2n) is 4.69. The van der Waals surface area contributed by atoms with Crippen molar-refractivity contribution in [1.29, 1.82) is 0 Å². The number of anilines is 1. The summed E-state index contributed by atoms with van der Waals surface area (Å²) in [6.45, 7) is 3.81. The molecule has 1 fully saturated rings. The zero-order valence-corrected chi connectivity index (χ0v) is 10.6. The predicted molar refractivity (Wildman–Crippen MR) is 70.4 cm³/mol. The normalized spacial score (nSPS) is 16.8. The van der Waals surface area contributed by atoms with Gasteiger partial charge in [-0.05, 0) is 49.5 Å². The Labute approximate surface area is 103 Å². The Morgan fingerprint density at radius 3 is 2.35 bits per heavy atom. The number of carbonyl (C=O) groups excluding carboxylic acids is 1. The average molecular weight is 232 g/mol. The zero-order chi connectivity index (χ0) is 12.3. The molecule has 1 aliphatic rings. The molecule has 0 saturated carbocycles. The van der Waals surface area contributed by atoms with Crippen LogP contribution in [0, 0.1) is 0 Å². The van der Waals surface area contributed by atoms with Gasteiger partial charge in [0.15, 0.2) is 0 Å². The van der Waals surface area contributed by atoms with E-state index >= 15 is 0 Å². The number of nitrogens with zero attached hydrogens (tertiary/aromatic N) is 1. The average Bonchev–Trinajstić information content (AvgIpc) is 2.39. The van der Waals surface area contributed by atoms with Crippen molar-refractivity contribution in [1.82, 2.24) is 5.32 Å². The van der Waals surface area contributed by atoms with Crippen LogP contribution < -0.4 is 10.2 Å². The van der Waals surface area contributed by atoms with Crippen molar-refractivity contribution in [2.45, 2.75) is 25.7 Å². The van der Waals surface area contributed by atoms with Gasteiger partial charge < -0.3 is 10.2 Å². The van der Waals surface area contributed by atoms with Crippen LogP contribution >= 0.6 is 0 Å². The van der Waals surface area contributed by atoms with Crippen LogP contribution in [-0.2, 0) is 4.79 Å². The van der Waals surface area contributed by atoms with Gasteiger partial charge in [0.2, 0.25) is 5.91 Å². The van der Waals surface area contributed by atoms with Crippen molar-refractivity contribution in [3.05, 3.63) is 29.8 Å². The molecule has 0 bridgehead atoms. The number of benzene rings is 1. The third-order valence-corrected chi connectivity index (χ3v) is 3.56. The maximum Gasteiger partial charge on any atom is 0.223 e. The SMILES string of the molecule is CC(=O)N(C)c1ccc(C2CCNCC2)cc1. The Morgan fingerprint density at radius 1 is 1.24 bits per heavy atom. The Morgan fingerprint density at radius 2 is 1.82 bits per heavy atom. The largest absolute Gasteiger partial charge is 0.317 e. The molecule has 3 heteroatoms. The van der Waals surface area contributed by atoms with Gasteiger partial charge in [-0.1, -0.05) is 12.1 Å². The lowest BCUT2D eigenvalue weighted by Crippen LogP contribution is -2.26. The van der Waals surface area contributed by atoms with Crippen LogP contribution in [0.2, 0.25) is 0 Å². The molecule has 0 aliphatic carbocycles. The van der Waals surface area contributed by atoms with Crippen LogP contribution in [0.4, 0.5) is 5.69 Å². The van der Waals surface area contributed by atoms with Gasteiger partial charge in [-0.25, -0.2) is 0 Å². The maximum atomic E-state index is 11.2. The highest BCUT2D eigenvalue weighted by Gasteiger charge is 2.15. The highest BCUT2D eigenvalue weighted by Crippen LogP contribution is 2.26. The van der Waals surface area contributed by atoms with E-state index in [1.807, 2.05) is 19.2 Å². The van der Waals surface area contributed by atoms with Crippen LogP contribution in [0.15, 0.2) is 24.3 Å². The molecule has 17 heavy (non-hydrogen) atoms. The summed E-state index contributed by atoms with van der Waals surface area (Å²) in [4.78, 5) is 12.9. The Balaban J connectivity index is 2.09. The van der Waals surface area contributed by atoms with Crippen molar-refractivity contribution >= 4 is 11.6 Å². The molecule has 2 rings (SSSR count). The minimum Gasteiger partial charge on any atom is -0.317 e. The van der Waals surface area contributed by atoms with Crippen molar-refractivity contribution in [3.8, 4) is 0 Å². The van der Waals surface area contributed by atoms with E-state index in [0.717, 1.165) is 18.8 Å². The van der Waals surface area contributed by atoms with Gasteiger partial charge in [0.05, 0.1) is 0 Å². The van der Waals surface area contributed by atoms with Gasteiger partial charge in [-0.2, -0.15) is 0 Å². The number of piperidine rings is 1. The lowest BCUT2D eigenvalue weighted by molar-refractivity contribution is -0.116. The quantitative estimate of drug-likeness (QED) is 0.847. The van der Waals surface area contributed by atoms with Crippen molar-refractivity contribution in [2.75, 3.05) is 25.0 Å². The van der Waals surface area contributed by atoms with E-state index in [1.54, 1.807) is 11.8 Å². The summed E-state index contributed by atoms with van der Waals surface area (Å²) in [5.74, 6) is 0.743. The smallest absolute Gasteiger partial charge is 0.223 e. The van der Waals surface area contributed by atoms with Crippen molar-refractivity contribution in [2.24, 2.45) is 0 Å². The van der Waals surface area contributed by atoms with E-state index in [0.29, 0.717) is 5.92 Å². The second kappa shape index (κ2) is 5.32. The standard InChI is InChI=1S/C14H20N2O/c1-11(17)16(2)14-5-3-12(4-6-14)13-7-9-15-10-8-13/h3-6,13,15H,7-10H2,1-2H3. The van der Waals surface area contributed by atoms with Gasteiger partial charge in [0.1, 0.15) is 0 Å². The first-order valence-corrected chi connectivity index (χ1v) is 6.23. The summed E-state index contributed by atoms with van der Waals surface area (Å²) in [6.07, 6.45) is 2.42. The lowest BCUT2D eigenvalue weighted by atomic mass is 9.90. The van der Waals surface area contributed by atoms with Crippen LogP contribution in [0.5, 0.6) is 0 Å². The summed E-state index contributed by atoms with van der Waals surface area (Å²) in [6, 6.07) is 8.40. The molecule has 0 unspecified atom stereocenters. The molecule has 0 radical (unpaired) electrons. The Kier molecular flexibility index (Phi) is 3.79. The molecule has 1 N–H and O–H groups in total. The zero-order valence-electron chi connectivity index (χ0n) is 10.6. The summed E-state index contributed by atoms with van der Waals surface area (Å²) in [5.41, 5.74) is 2.36. The summed E-state index contributed by atoms with van der Waals surface area (Å²) < 4.78 is 0. The number of nitrogens with one attached hydrogen (secondary N) is 1. The molecule has 92 valence electrons. The summed E-state index contributed by atoms with van der Waals surface area (Å²) in [7, 11) is 1.81. The van der Waals surface area contributed by atoms with Crippen LogP contribution in [0.3, 0.4) is 0 Å². The molecular weight excluding hydrogens is 212 g/mol. The first kappa shape index (κ1) is 12.1. The molecule has 0 spiro atoms. The van der Waals surface area contributed by atoms with Crippen molar-refractivity contribution < 1.29 is 4.79 Å². The third-order valence-electron chi connectivity index (χ3n) is 3.56. The molecule has 1 heterocycles. The minimum absolute atomic E-state index is 0.0691. The van der Waals surface area contributed by atoms with Gasteiger partial charge in [-0.15, -0.1) is 0 Å². The number of hydrogen-bond donors (Lipinski definition) is 1. The van der Waals surface area contributed by atoms with Gasteiger partial charge in [0.25, 0.3) is 0 Å². The fourth-order valence-electron chi connectivity index (χ4n) is 2.31. The summed E-state index contributed by atoms with van der Waals surface area (Å²) in [5, 5.41) is 3.38. The first-order valence-electron chi connectivity index (χ1n) is 6.23. The summed E-state index contributed by atoms with van der Waals surface area (Å²) >= 11 is 0. The molecule has 1 aromatic carbocycles. The van der Waals surface area contributed by atoms with E-state index in [1.165, 1.54) is 18.4 Å². The van der Waals surface area contributed by atoms with E-state index in [-0.39, 0.29) is 5.91 Å². The number of hydrogen-bond acceptors (Lipinski definition) is 2.